The minimum absolute atomic E-state index is 0.0873. The maximum atomic E-state index is 11.1. The Morgan fingerprint density at radius 1 is 1.16 bits per heavy atom. The largest absolute Gasteiger partial charge is 0.324 e. The number of rotatable bonds is 5. The minimum atomic E-state index is -2.88. The third kappa shape index (κ3) is 5.74. The Balaban J connectivity index is 2.61. The highest BCUT2D eigenvalue weighted by Crippen LogP contribution is 2.24. The van der Waals surface area contributed by atoms with E-state index in [1.165, 1.54) is 11.8 Å². The molecule has 1 aromatic rings. The summed E-state index contributed by atoms with van der Waals surface area (Å²) in [5.74, 6) is 0.209. The van der Waals surface area contributed by atoms with E-state index in [1.54, 1.807) is 0 Å². The fourth-order valence-corrected chi connectivity index (χ4v) is 2.65. The number of hydrogen-bond donors (Lipinski definition) is 1. The molecule has 0 aliphatic heterocycles. The first-order chi connectivity index (χ1) is 8.59. The predicted molar refractivity (Wildman–Crippen MR) is 81.0 cm³/mol. The molecular weight excluding hydrogens is 258 g/mol. The van der Waals surface area contributed by atoms with Gasteiger partial charge in [0.25, 0.3) is 0 Å². The molecule has 4 heteroatoms. The van der Waals surface area contributed by atoms with Crippen molar-refractivity contribution in [2.24, 2.45) is 5.73 Å². The van der Waals surface area contributed by atoms with Crippen LogP contribution in [0, 0.1) is 0 Å². The highest BCUT2D eigenvalue weighted by atomic mass is 32.2. The van der Waals surface area contributed by atoms with Crippen molar-refractivity contribution in [3.63, 3.8) is 0 Å². The summed E-state index contributed by atoms with van der Waals surface area (Å²) < 4.78 is 22.1. The van der Waals surface area contributed by atoms with E-state index in [9.17, 15) is 8.42 Å². The predicted octanol–water partition coefficient (Wildman–Crippen LogP) is 2.81. The molecule has 108 valence electrons. The van der Waals surface area contributed by atoms with Crippen LogP contribution in [0.4, 0.5) is 0 Å². The van der Waals surface area contributed by atoms with E-state index >= 15 is 0 Å². The first-order valence-electron chi connectivity index (χ1n) is 6.63. The topological polar surface area (TPSA) is 60.2 Å². The molecule has 1 unspecified atom stereocenters. The average molecular weight is 283 g/mol. The summed E-state index contributed by atoms with van der Waals surface area (Å²) in [5.41, 5.74) is 8.57. The van der Waals surface area contributed by atoms with Gasteiger partial charge in [0, 0.05) is 18.1 Å². The molecule has 0 radical (unpaired) electrons. The van der Waals surface area contributed by atoms with Gasteiger partial charge in [-0.15, -0.1) is 0 Å². The second-order valence-electron chi connectivity index (χ2n) is 6.25. The van der Waals surface area contributed by atoms with Gasteiger partial charge in [0.1, 0.15) is 9.84 Å². The van der Waals surface area contributed by atoms with Crippen LogP contribution < -0.4 is 5.73 Å². The van der Waals surface area contributed by atoms with E-state index in [0.29, 0.717) is 12.8 Å². The molecule has 2 N–H and O–H groups in total. The van der Waals surface area contributed by atoms with Gasteiger partial charge in [-0.05, 0) is 29.4 Å². The van der Waals surface area contributed by atoms with Crippen molar-refractivity contribution in [3.8, 4) is 0 Å². The molecule has 0 saturated carbocycles. The normalized spacial score (nSPS) is 14.4. The van der Waals surface area contributed by atoms with Crippen molar-refractivity contribution in [1.82, 2.24) is 0 Å². The first-order valence-corrected chi connectivity index (χ1v) is 8.69. The SMILES string of the molecule is CC(C)(C)c1ccc(C(N)CCCS(C)(=O)=O)cc1. The summed E-state index contributed by atoms with van der Waals surface area (Å²) in [5, 5.41) is 0. The van der Waals surface area contributed by atoms with Gasteiger partial charge in [-0.1, -0.05) is 45.0 Å². The van der Waals surface area contributed by atoms with Crippen LogP contribution in [0.1, 0.15) is 50.8 Å². The summed E-state index contributed by atoms with van der Waals surface area (Å²) in [6, 6.07) is 8.21. The molecule has 0 fully saturated rings. The molecule has 0 aliphatic rings. The van der Waals surface area contributed by atoms with E-state index in [4.69, 9.17) is 5.73 Å². The lowest BCUT2D eigenvalue weighted by atomic mass is 9.86. The highest BCUT2D eigenvalue weighted by Gasteiger charge is 2.14. The summed E-state index contributed by atoms with van der Waals surface area (Å²) in [4.78, 5) is 0. The molecule has 0 amide bonds. The molecule has 1 rings (SSSR count). The second-order valence-corrected chi connectivity index (χ2v) is 8.51. The molecule has 19 heavy (non-hydrogen) atoms. The van der Waals surface area contributed by atoms with Crippen LogP contribution in [0.3, 0.4) is 0 Å². The van der Waals surface area contributed by atoms with Gasteiger partial charge in [-0.2, -0.15) is 0 Å². The molecular formula is C15H25NO2S. The molecule has 1 atom stereocenters. The van der Waals surface area contributed by atoms with E-state index < -0.39 is 9.84 Å². The number of nitrogens with two attached hydrogens (primary N) is 1. The zero-order chi connectivity index (χ0) is 14.7. The highest BCUT2D eigenvalue weighted by molar-refractivity contribution is 7.90. The molecule has 0 heterocycles. The Kier molecular flexibility index (Phi) is 5.16. The fourth-order valence-electron chi connectivity index (χ4n) is 1.96. The van der Waals surface area contributed by atoms with Crippen molar-refractivity contribution in [2.75, 3.05) is 12.0 Å². The lowest BCUT2D eigenvalue weighted by Gasteiger charge is -2.20. The number of benzene rings is 1. The lowest BCUT2D eigenvalue weighted by Crippen LogP contribution is -2.14. The number of hydrogen-bond acceptors (Lipinski definition) is 3. The number of sulfone groups is 1. The van der Waals surface area contributed by atoms with Crippen molar-refractivity contribution in [1.29, 1.82) is 0 Å². The summed E-state index contributed by atoms with van der Waals surface area (Å²) in [7, 11) is -2.88. The summed E-state index contributed by atoms with van der Waals surface area (Å²) in [6.45, 7) is 6.52. The zero-order valence-corrected chi connectivity index (χ0v) is 13.1. The van der Waals surface area contributed by atoms with Crippen molar-refractivity contribution < 1.29 is 8.42 Å². The van der Waals surface area contributed by atoms with Crippen LogP contribution in [0.5, 0.6) is 0 Å². The lowest BCUT2D eigenvalue weighted by molar-refractivity contribution is 0.583. The van der Waals surface area contributed by atoms with Gasteiger partial charge in [-0.3, -0.25) is 0 Å². The molecule has 1 aromatic carbocycles. The van der Waals surface area contributed by atoms with Gasteiger partial charge >= 0.3 is 0 Å². The zero-order valence-electron chi connectivity index (χ0n) is 12.3. The standard InChI is InChI=1S/C15H25NO2S/c1-15(2,3)13-9-7-12(8-10-13)14(16)6-5-11-19(4,17)18/h7-10,14H,5-6,11,16H2,1-4H3. The third-order valence-corrected chi connectivity index (χ3v) is 4.27. The molecule has 0 aliphatic carbocycles. The molecule has 0 bridgehead atoms. The van der Waals surface area contributed by atoms with Gasteiger partial charge in [0.05, 0.1) is 0 Å². The Hall–Kier alpha value is -0.870. The van der Waals surface area contributed by atoms with Crippen molar-refractivity contribution in [2.45, 2.75) is 45.1 Å². The third-order valence-electron chi connectivity index (χ3n) is 3.24. The van der Waals surface area contributed by atoms with Crippen LogP contribution in [-0.2, 0) is 15.3 Å². The van der Waals surface area contributed by atoms with Gasteiger partial charge in [-0.25, -0.2) is 8.42 Å². The Bertz CT molecular complexity index is 498. The van der Waals surface area contributed by atoms with Gasteiger partial charge < -0.3 is 5.73 Å². The summed E-state index contributed by atoms with van der Waals surface area (Å²) >= 11 is 0. The van der Waals surface area contributed by atoms with Crippen LogP contribution in [0.15, 0.2) is 24.3 Å². The van der Waals surface area contributed by atoms with Gasteiger partial charge in [0.15, 0.2) is 0 Å². The summed E-state index contributed by atoms with van der Waals surface area (Å²) in [6.07, 6.45) is 2.57. The Morgan fingerprint density at radius 2 is 1.68 bits per heavy atom. The van der Waals surface area contributed by atoms with Crippen molar-refractivity contribution in [3.05, 3.63) is 35.4 Å². The maximum Gasteiger partial charge on any atom is 0.147 e. The Morgan fingerprint density at radius 3 is 2.11 bits per heavy atom. The first kappa shape index (κ1) is 16.2. The van der Waals surface area contributed by atoms with Crippen molar-refractivity contribution >= 4 is 9.84 Å². The second kappa shape index (κ2) is 6.06. The monoisotopic (exact) mass is 283 g/mol. The van der Waals surface area contributed by atoms with Crippen LogP contribution in [0.25, 0.3) is 0 Å². The molecule has 0 aromatic heterocycles. The molecule has 0 spiro atoms. The average Bonchev–Trinajstić information content (AvgIpc) is 2.26. The van der Waals surface area contributed by atoms with E-state index in [0.717, 1.165) is 5.56 Å². The molecule has 0 saturated heterocycles. The van der Waals surface area contributed by atoms with Crippen LogP contribution in [-0.4, -0.2) is 20.4 Å². The smallest absolute Gasteiger partial charge is 0.147 e. The van der Waals surface area contributed by atoms with Gasteiger partial charge in [0.2, 0.25) is 0 Å². The Labute approximate surface area is 117 Å². The van der Waals surface area contributed by atoms with Crippen LogP contribution in [0.2, 0.25) is 0 Å². The van der Waals surface area contributed by atoms with Crippen LogP contribution >= 0.6 is 0 Å². The van der Waals surface area contributed by atoms with E-state index in [2.05, 4.69) is 32.9 Å². The van der Waals surface area contributed by atoms with E-state index in [1.807, 2.05) is 12.1 Å². The quantitative estimate of drug-likeness (QED) is 0.904. The maximum absolute atomic E-state index is 11.1. The van der Waals surface area contributed by atoms with E-state index in [-0.39, 0.29) is 17.2 Å². The minimum Gasteiger partial charge on any atom is -0.324 e. The molecule has 3 nitrogen and oxygen atoms in total. The fraction of sp³-hybridized carbons (Fsp3) is 0.600.